The van der Waals surface area contributed by atoms with E-state index in [4.69, 9.17) is 22.1 Å². The fraction of sp³-hybridized carbons (Fsp3) is 0.354. The van der Waals surface area contributed by atoms with Gasteiger partial charge in [-0.3, -0.25) is 9.69 Å². The number of hydrogen-bond donors (Lipinski definition) is 1. The molecule has 2 saturated heterocycles. The van der Waals surface area contributed by atoms with Crippen LogP contribution in [0.1, 0.15) is 46.8 Å². The maximum absolute atomic E-state index is 14.2. The second kappa shape index (κ2) is 21.0. The highest BCUT2D eigenvalue weighted by Crippen LogP contribution is 2.38. The van der Waals surface area contributed by atoms with Gasteiger partial charge in [-0.05, 0) is 127 Å². The Morgan fingerprint density at radius 1 is 0.828 bits per heavy atom. The van der Waals surface area contributed by atoms with Gasteiger partial charge in [0.1, 0.15) is 5.75 Å². The molecule has 7 rings (SSSR count). The molecule has 2 atom stereocenters. The van der Waals surface area contributed by atoms with E-state index in [2.05, 4.69) is 21.9 Å². The molecule has 5 aromatic carbocycles. The molecule has 64 heavy (non-hydrogen) atoms. The van der Waals surface area contributed by atoms with E-state index in [1.165, 1.54) is 23.9 Å². The number of halogens is 4. The first-order valence-electron chi connectivity index (χ1n) is 21.2. The van der Waals surface area contributed by atoms with Crippen molar-refractivity contribution < 1.29 is 39.5 Å². The van der Waals surface area contributed by atoms with Crippen LogP contribution in [0.25, 0.3) is 11.1 Å². The van der Waals surface area contributed by atoms with Crippen molar-refractivity contribution in [1.82, 2.24) is 4.90 Å². The predicted molar refractivity (Wildman–Crippen MR) is 247 cm³/mol. The number of anilines is 1. The van der Waals surface area contributed by atoms with Crippen molar-refractivity contribution in [2.45, 2.75) is 51.9 Å². The molecule has 2 N–H and O–H groups in total. The highest BCUT2D eigenvalue weighted by molar-refractivity contribution is 7.99. The molecular weight excluding hydrogens is 903 g/mol. The molecule has 340 valence electrons. The van der Waals surface area contributed by atoms with Gasteiger partial charge in [0.2, 0.25) is 0 Å². The van der Waals surface area contributed by atoms with Crippen LogP contribution in [0.2, 0.25) is 5.02 Å². The third-order valence-electron chi connectivity index (χ3n) is 12.1. The van der Waals surface area contributed by atoms with Crippen molar-refractivity contribution >= 4 is 54.5 Å². The minimum atomic E-state index is -5.97. The first-order valence-corrected chi connectivity index (χ1v) is 25.7. The van der Waals surface area contributed by atoms with Crippen molar-refractivity contribution in [2.24, 2.45) is 17.6 Å². The number of nitrogens with two attached hydrogens (primary N) is 1. The summed E-state index contributed by atoms with van der Waals surface area (Å²) in [5.74, 6) is -1.39. The Balaban J connectivity index is 1.02. The second-order valence-electron chi connectivity index (χ2n) is 16.3. The third kappa shape index (κ3) is 11.8. The zero-order valence-electron chi connectivity index (χ0n) is 35.1. The number of benzene rings is 5. The van der Waals surface area contributed by atoms with E-state index in [0.717, 1.165) is 52.2 Å². The number of hydrogen-bond acceptors (Lipinski definition) is 10. The number of morpholine rings is 1. The number of sulfone groups is 2. The fourth-order valence-electron chi connectivity index (χ4n) is 8.40. The Morgan fingerprint density at radius 2 is 1.48 bits per heavy atom. The summed E-state index contributed by atoms with van der Waals surface area (Å²) in [5.41, 5.74) is 5.18. The summed E-state index contributed by atoms with van der Waals surface area (Å²) in [6.45, 7) is 4.61. The third-order valence-corrected chi connectivity index (χ3v) is 16.8. The van der Waals surface area contributed by atoms with E-state index in [-0.39, 0.29) is 35.4 Å². The minimum Gasteiger partial charge on any atom is -0.379 e. The Bertz CT molecular complexity index is 2590. The highest BCUT2D eigenvalue weighted by Gasteiger charge is 2.48. The zero-order valence-corrected chi connectivity index (χ0v) is 38.3. The molecule has 0 spiro atoms. The zero-order chi connectivity index (χ0) is 45.5. The van der Waals surface area contributed by atoms with E-state index >= 15 is 0 Å². The lowest BCUT2D eigenvalue weighted by atomic mass is 9.83. The van der Waals surface area contributed by atoms with Gasteiger partial charge in [-0.25, -0.2) is 16.8 Å². The SMILES string of the molecule is N[C@@H](c1ccccc1-c1ccc(Cl)cc1)C1CCN(c2ccc(C(=O)CS(=O)(=O)c3ccc(C[C@H](CCN4CCOCC4)CSc4ccccc4)c(S(=O)(=O)C(F)(F)F)c3)cc2)CC1. The monoisotopic (exact) mass is 953 g/mol. The molecule has 2 heterocycles. The number of rotatable bonds is 17. The van der Waals surface area contributed by atoms with Gasteiger partial charge in [-0.15, -0.1) is 11.8 Å². The number of ketones is 1. The van der Waals surface area contributed by atoms with Gasteiger partial charge in [0, 0.05) is 59.1 Å². The van der Waals surface area contributed by atoms with Crippen LogP contribution in [0.3, 0.4) is 0 Å². The summed E-state index contributed by atoms with van der Waals surface area (Å²) in [7, 11) is -10.5. The predicted octanol–water partition coefficient (Wildman–Crippen LogP) is 9.55. The Labute approximate surface area is 383 Å². The number of Topliss-reactive ketones (excluding diaryl/α,β-unsaturated/α-hetero) is 1. The van der Waals surface area contributed by atoms with Crippen molar-refractivity contribution in [3.63, 3.8) is 0 Å². The quantitative estimate of drug-likeness (QED) is 0.0712. The van der Waals surface area contributed by atoms with Gasteiger partial charge < -0.3 is 15.4 Å². The normalized spacial score (nSPS) is 16.7. The molecule has 2 fully saturated rings. The lowest BCUT2D eigenvalue weighted by Gasteiger charge is -2.36. The number of carbonyl (C=O) groups excluding carboxylic acids is 1. The lowest BCUT2D eigenvalue weighted by molar-refractivity contribution is -0.0436. The van der Waals surface area contributed by atoms with Gasteiger partial charge in [0.25, 0.3) is 9.84 Å². The van der Waals surface area contributed by atoms with Gasteiger partial charge in [-0.2, -0.15) is 13.2 Å². The second-order valence-corrected chi connectivity index (χ2v) is 21.8. The summed E-state index contributed by atoms with van der Waals surface area (Å²) in [6.07, 6.45) is 2.17. The first kappa shape index (κ1) is 47.7. The van der Waals surface area contributed by atoms with Crippen LogP contribution in [0.4, 0.5) is 18.9 Å². The van der Waals surface area contributed by atoms with E-state index in [1.807, 2.05) is 66.7 Å². The van der Waals surface area contributed by atoms with Gasteiger partial charge in [0.05, 0.1) is 23.0 Å². The molecule has 2 aliphatic heterocycles. The Hall–Kier alpha value is -4.22. The number of thioether (sulfide) groups is 1. The molecule has 0 saturated carbocycles. The standard InChI is InChI=1S/C48H51ClF3N3O6S3/c49-39-15-10-35(11-16-39)43-8-4-5-9-44(43)47(53)37-21-24-55(25-22-37)40-17-12-36(13-18-40)45(56)33-63(57,58)42-19-14-38(46(31-42)64(59,60)48(50,51)52)30-34(20-23-54-26-28-61-29-27-54)32-62-41-6-2-1-3-7-41/h1-19,31,34,37,47H,20-30,32-33,53H2/t34-,47+/m0/s1. The van der Waals surface area contributed by atoms with Crippen molar-refractivity contribution in [3.05, 3.63) is 143 Å². The Kier molecular flexibility index (Phi) is 15.6. The van der Waals surface area contributed by atoms with Crippen molar-refractivity contribution in [2.75, 3.05) is 62.3 Å². The minimum absolute atomic E-state index is 0.0385. The van der Waals surface area contributed by atoms with Crippen LogP contribution in [0.5, 0.6) is 0 Å². The number of ether oxygens (including phenoxy) is 1. The van der Waals surface area contributed by atoms with E-state index in [1.54, 1.807) is 12.1 Å². The summed E-state index contributed by atoms with van der Waals surface area (Å²) in [6, 6.07) is 34.4. The van der Waals surface area contributed by atoms with Crippen molar-refractivity contribution in [3.8, 4) is 11.1 Å². The van der Waals surface area contributed by atoms with Crippen LogP contribution in [0.15, 0.2) is 136 Å². The molecule has 0 amide bonds. The van der Waals surface area contributed by atoms with Crippen LogP contribution in [-0.4, -0.2) is 90.5 Å². The molecule has 16 heteroatoms. The average Bonchev–Trinajstić information content (AvgIpc) is 3.30. The molecule has 0 radical (unpaired) electrons. The topological polar surface area (TPSA) is 127 Å². The number of carbonyl (C=O) groups is 1. The summed E-state index contributed by atoms with van der Waals surface area (Å²) in [4.78, 5) is 17.0. The van der Waals surface area contributed by atoms with E-state index < -0.39 is 46.5 Å². The van der Waals surface area contributed by atoms with Crippen LogP contribution < -0.4 is 10.6 Å². The van der Waals surface area contributed by atoms with Gasteiger partial charge >= 0.3 is 5.51 Å². The van der Waals surface area contributed by atoms with E-state index in [9.17, 15) is 34.8 Å². The largest absolute Gasteiger partial charge is 0.501 e. The molecule has 9 nitrogen and oxygen atoms in total. The number of nitrogens with zero attached hydrogens (tertiary/aromatic N) is 2. The van der Waals surface area contributed by atoms with Crippen LogP contribution in [-0.2, 0) is 30.8 Å². The molecular formula is C48H51ClF3N3O6S3. The van der Waals surface area contributed by atoms with Crippen LogP contribution >= 0.6 is 23.4 Å². The molecule has 2 aliphatic rings. The molecule has 0 aromatic heterocycles. The van der Waals surface area contributed by atoms with Crippen LogP contribution in [0, 0.1) is 11.8 Å². The number of piperidine rings is 1. The maximum atomic E-state index is 14.2. The Morgan fingerprint density at radius 3 is 2.16 bits per heavy atom. The average molecular weight is 955 g/mol. The summed E-state index contributed by atoms with van der Waals surface area (Å²) < 4.78 is 102. The number of alkyl halides is 3. The molecule has 5 aromatic rings. The fourth-order valence-corrected chi connectivity index (χ4v) is 11.9. The molecule has 0 bridgehead atoms. The smallest absolute Gasteiger partial charge is 0.379 e. The first-order chi connectivity index (χ1) is 30.6. The van der Waals surface area contributed by atoms with Crippen molar-refractivity contribution in [1.29, 1.82) is 0 Å². The van der Waals surface area contributed by atoms with E-state index in [0.29, 0.717) is 69.2 Å². The molecule has 0 aliphatic carbocycles. The summed E-state index contributed by atoms with van der Waals surface area (Å²) in [5, 5.41) is 0.659. The molecule has 0 unspecified atom stereocenters. The van der Waals surface area contributed by atoms with Gasteiger partial charge in [0.15, 0.2) is 15.6 Å². The summed E-state index contributed by atoms with van der Waals surface area (Å²) >= 11 is 7.64. The maximum Gasteiger partial charge on any atom is 0.501 e. The van der Waals surface area contributed by atoms with Gasteiger partial charge in [-0.1, -0.05) is 72.3 Å². The highest BCUT2D eigenvalue weighted by atomic mass is 35.5. The lowest BCUT2D eigenvalue weighted by Crippen LogP contribution is -2.37.